The molecule has 1 amide bonds. The Morgan fingerprint density at radius 3 is 2.68 bits per heavy atom. The Morgan fingerprint density at radius 1 is 1.36 bits per heavy atom. The topological polar surface area (TPSA) is 106 Å². The second-order valence-electron chi connectivity index (χ2n) is 6.60. The maximum absolute atomic E-state index is 12.2. The highest BCUT2D eigenvalue weighted by atomic mass is 32.2. The van der Waals surface area contributed by atoms with Gasteiger partial charge in [-0.15, -0.1) is 10.2 Å². The second-order valence-corrected chi connectivity index (χ2v) is 7.67. The van der Waals surface area contributed by atoms with Crippen molar-refractivity contribution in [2.75, 3.05) is 12.3 Å². The molecular weight excluding hydrogens is 340 g/mol. The highest BCUT2D eigenvalue weighted by molar-refractivity contribution is 7.99. The largest absolute Gasteiger partial charge is 0.351 e. The van der Waals surface area contributed by atoms with Crippen LogP contribution in [0.15, 0.2) is 16.1 Å². The van der Waals surface area contributed by atoms with E-state index >= 15 is 0 Å². The number of carbonyl (C=O) groups is 1. The molecule has 8 nitrogen and oxygen atoms in total. The van der Waals surface area contributed by atoms with Gasteiger partial charge in [-0.1, -0.05) is 32.5 Å². The van der Waals surface area contributed by atoms with Crippen LogP contribution >= 0.6 is 11.8 Å². The van der Waals surface area contributed by atoms with Crippen molar-refractivity contribution >= 4 is 17.7 Å². The minimum absolute atomic E-state index is 0.0190. The molecule has 136 valence electrons. The van der Waals surface area contributed by atoms with Crippen molar-refractivity contribution in [1.29, 1.82) is 0 Å². The molecule has 0 aliphatic carbocycles. The van der Waals surface area contributed by atoms with Crippen molar-refractivity contribution in [3.8, 4) is 0 Å². The van der Waals surface area contributed by atoms with E-state index in [-0.39, 0.29) is 11.0 Å². The van der Waals surface area contributed by atoms with Crippen molar-refractivity contribution in [3.63, 3.8) is 0 Å². The number of aryl methyl sites for hydroxylation is 1. The summed E-state index contributed by atoms with van der Waals surface area (Å²) in [5.41, 5.74) is -0.685. The summed E-state index contributed by atoms with van der Waals surface area (Å²) < 4.78 is 2.01. The summed E-state index contributed by atoms with van der Waals surface area (Å²) in [5.74, 6) is 1.63. The number of thioether (sulfide) groups is 1. The van der Waals surface area contributed by atoms with E-state index in [0.717, 1.165) is 17.5 Å². The Labute approximate surface area is 150 Å². The first kappa shape index (κ1) is 19.2. The van der Waals surface area contributed by atoms with Crippen LogP contribution in [0.5, 0.6) is 0 Å². The lowest BCUT2D eigenvalue weighted by atomic mass is 9.96. The molecule has 0 aliphatic rings. The number of rotatable bonds is 6. The van der Waals surface area contributed by atoms with Gasteiger partial charge in [0, 0.05) is 30.5 Å². The number of H-pyrrole nitrogens is 1. The van der Waals surface area contributed by atoms with Crippen molar-refractivity contribution in [2.45, 2.75) is 51.7 Å². The molecule has 2 aromatic rings. The molecule has 0 bridgehead atoms. The lowest BCUT2D eigenvalue weighted by Crippen LogP contribution is -2.33. The molecule has 0 saturated heterocycles. The lowest BCUT2D eigenvalue weighted by molar-refractivity contribution is 0.0954. The minimum atomic E-state index is -0.428. The van der Waals surface area contributed by atoms with Gasteiger partial charge in [0.25, 0.3) is 11.5 Å². The quantitative estimate of drug-likeness (QED) is 0.594. The molecule has 0 fully saturated rings. The SMILES string of the molecule is CCn1c(C)nnc1SCCNC(=O)c1cnc(C(C)(C)C)[nH]c1=O. The molecule has 0 aromatic carbocycles. The molecule has 0 radical (unpaired) electrons. The molecule has 0 spiro atoms. The molecule has 0 aliphatic heterocycles. The van der Waals surface area contributed by atoms with Crippen molar-refractivity contribution in [1.82, 2.24) is 30.0 Å². The lowest BCUT2D eigenvalue weighted by Gasteiger charge is -2.16. The van der Waals surface area contributed by atoms with E-state index in [9.17, 15) is 9.59 Å². The smallest absolute Gasteiger partial charge is 0.263 e. The predicted molar refractivity (Wildman–Crippen MR) is 97.0 cm³/mol. The summed E-state index contributed by atoms with van der Waals surface area (Å²) >= 11 is 1.51. The number of aromatic amines is 1. The Balaban J connectivity index is 1.91. The number of amides is 1. The number of nitrogens with zero attached hydrogens (tertiary/aromatic N) is 4. The van der Waals surface area contributed by atoms with E-state index in [1.54, 1.807) is 0 Å². The molecule has 2 aromatic heterocycles. The predicted octanol–water partition coefficient (Wildman–Crippen LogP) is 1.51. The molecule has 2 heterocycles. The Kier molecular flexibility index (Phi) is 5.99. The van der Waals surface area contributed by atoms with Gasteiger partial charge in [-0.3, -0.25) is 9.59 Å². The highest BCUT2D eigenvalue weighted by Crippen LogP contribution is 2.16. The van der Waals surface area contributed by atoms with Crippen LogP contribution in [0.4, 0.5) is 0 Å². The average molecular weight is 364 g/mol. The molecular formula is C16H24N6O2S. The first-order valence-electron chi connectivity index (χ1n) is 8.14. The average Bonchev–Trinajstić information content (AvgIpc) is 2.90. The van der Waals surface area contributed by atoms with E-state index in [2.05, 4.69) is 25.5 Å². The highest BCUT2D eigenvalue weighted by Gasteiger charge is 2.19. The molecule has 2 rings (SSSR count). The van der Waals surface area contributed by atoms with E-state index in [1.807, 2.05) is 39.2 Å². The van der Waals surface area contributed by atoms with Gasteiger partial charge in [0.1, 0.15) is 17.2 Å². The Hall–Kier alpha value is -2.16. The number of hydrogen-bond donors (Lipinski definition) is 2. The number of aromatic nitrogens is 5. The first-order valence-corrected chi connectivity index (χ1v) is 9.13. The maximum atomic E-state index is 12.2. The summed E-state index contributed by atoms with van der Waals surface area (Å²) in [6.45, 7) is 11.0. The fourth-order valence-electron chi connectivity index (χ4n) is 2.17. The number of nitrogens with one attached hydrogen (secondary N) is 2. The van der Waals surface area contributed by atoms with E-state index in [4.69, 9.17) is 0 Å². The van der Waals surface area contributed by atoms with Gasteiger partial charge in [-0.05, 0) is 13.8 Å². The second kappa shape index (κ2) is 7.81. The fourth-order valence-corrected chi connectivity index (χ4v) is 3.07. The first-order chi connectivity index (χ1) is 11.7. The van der Waals surface area contributed by atoms with Gasteiger partial charge in [-0.2, -0.15) is 0 Å². The van der Waals surface area contributed by atoms with Crippen LogP contribution in [0.3, 0.4) is 0 Å². The van der Waals surface area contributed by atoms with Gasteiger partial charge >= 0.3 is 0 Å². The van der Waals surface area contributed by atoms with Crippen LogP contribution < -0.4 is 10.9 Å². The van der Waals surface area contributed by atoms with Crippen LogP contribution in [-0.2, 0) is 12.0 Å². The number of hydrogen-bond acceptors (Lipinski definition) is 6. The van der Waals surface area contributed by atoms with Crippen molar-refractivity contribution in [2.24, 2.45) is 0 Å². The van der Waals surface area contributed by atoms with Gasteiger partial charge in [-0.25, -0.2) is 4.98 Å². The molecule has 0 unspecified atom stereocenters. The van der Waals surface area contributed by atoms with Crippen molar-refractivity contribution < 1.29 is 4.79 Å². The van der Waals surface area contributed by atoms with Crippen molar-refractivity contribution in [3.05, 3.63) is 33.8 Å². The Morgan fingerprint density at radius 2 is 2.08 bits per heavy atom. The minimum Gasteiger partial charge on any atom is -0.351 e. The summed E-state index contributed by atoms with van der Waals surface area (Å²) in [4.78, 5) is 31.1. The third-order valence-electron chi connectivity index (χ3n) is 3.59. The molecule has 25 heavy (non-hydrogen) atoms. The van der Waals surface area contributed by atoms with Gasteiger partial charge < -0.3 is 14.9 Å². The fraction of sp³-hybridized carbons (Fsp3) is 0.562. The van der Waals surface area contributed by atoms with Crippen LogP contribution in [0.1, 0.15) is 49.7 Å². The van der Waals surface area contributed by atoms with Crippen LogP contribution in [-0.4, -0.2) is 42.9 Å². The van der Waals surface area contributed by atoms with Crippen LogP contribution in [0.25, 0.3) is 0 Å². The summed E-state index contributed by atoms with van der Waals surface area (Å²) in [6.07, 6.45) is 1.33. The third kappa shape index (κ3) is 4.68. The molecule has 0 atom stereocenters. The molecule has 2 N–H and O–H groups in total. The van der Waals surface area contributed by atoms with E-state index in [0.29, 0.717) is 18.1 Å². The molecule has 0 saturated carbocycles. The Bertz CT molecular complexity index is 806. The van der Waals surface area contributed by atoms with Gasteiger partial charge in [0.2, 0.25) is 0 Å². The molecule has 9 heteroatoms. The van der Waals surface area contributed by atoms with E-state index < -0.39 is 11.5 Å². The third-order valence-corrected chi connectivity index (χ3v) is 4.56. The van der Waals surface area contributed by atoms with Crippen LogP contribution in [0.2, 0.25) is 0 Å². The summed E-state index contributed by atoms with van der Waals surface area (Å²) in [7, 11) is 0. The summed E-state index contributed by atoms with van der Waals surface area (Å²) in [5, 5.41) is 11.7. The van der Waals surface area contributed by atoms with Gasteiger partial charge in [0.15, 0.2) is 5.16 Å². The van der Waals surface area contributed by atoms with E-state index in [1.165, 1.54) is 18.0 Å². The van der Waals surface area contributed by atoms with Gasteiger partial charge in [0.05, 0.1) is 0 Å². The van der Waals surface area contributed by atoms with Crippen LogP contribution in [0, 0.1) is 6.92 Å². The standard InChI is InChI=1S/C16H24N6O2S/c1-6-22-10(2)20-21-15(22)25-8-7-17-12(23)11-9-18-14(16(3,4)5)19-13(11)24/h9H,6-8H2,1-5H3,(H,17,23)(H,18,19,24). The zero-order valence-corrected chi connectivity index (χ0v) is 16.0. The normalized spacial score (nSPS) is 11.6. The zero-order chi connectivity index (χ0) is 18.6. The zero-order valence-electron chi connectivity index (χ0n) is 15.2. The maximum Gasteiger partial charge on any atom is 0.263 e. The summed E-state index contributed by atoms with van der Waals surface area (Å²) in [6, 6.07) is 0. The monoisotopic (exact) mass is 364 g/mol. The number of carbonyl (C=O) groups excluding carboxylic acids is 1.